The smallest absolute Gasteiger partial charge is 0.0250 e. The first kappa shape index (κ1) is 18.0. The van der Waals surface area contributed by atoms with Crippen LogP contribution in [-0.4, -0.2) is 0 Å². The Balaban J connectivity index is 1.45. The van der Waals surface area contributed by atoms with E-state index in [4.69, 9.17) is 0 Å². The Labute approximate surface area is 150 Å². The molecular formula is C24H37. The van der Waals surface area contributed by atoms with Gasteiger partial charge in [-0.15, -0.1) is 0 Å². The fourth-order valence-electron chi connectivity index (χ4n) is 5.13. The molecule has 1 aromatic rings. The van der Waals surface area contributed by atoms with E-state index in [-0.39, 0.29) is 0 Å². The van der Waals surface area contributed by atoms with Crippen molar-refractivity contribution in [2.75, 3.05) is 0 Å². The molecule has 0 heteroatoms. The first-order valence-electron chi connectivity index (χ1n) is 10.4. The normalized spacial score (nSPS) is 26.7. The van der Waals surface area contributed by atoms with Gasteiger partial charge >= 0.3 is 0 Å². The molecular weight excluding hydrogens is 288 g/mol. The van der Waals surface area contributed by atoms with Crippen molar-refractivity contribution in [1.29, 1.82) is 0 Å². The molecule has 1 radical (unpaired) electrons. The van der Waals surface area contributed by atoms with E-state index in [1.165, 1.54) is 80.9 Å². The van der Waals surface area contributed by atoms with Crippen molar-refractivity contribution >= 4 is 0 Å². The maximum absolute atomic E-state index is 2.44. The molecule has 0 N–H and O–H groups in total. The summed E-state index contributed by atoms with van der Waals surface area (Å²) in [6, 6.07) is 4.88. The van der Waals surface area contributed by atoms with Crippen molar-refractivity contribution < 1.29 is 0 Å². The van der Waals surface area contributed by atoms with Crippen molar-refractivity contribution in [3.63, 3.8) is 0 Å². The molecule has 133 valence electrons. The monoisotopic (exact) mass is 325 g/mol. The molecule has 2 aliphatic rings. The molecule has 0 bridgehead atoms. The molecule has 0 aliphatic heterocycles. The molecule has 0 unspecified atom stereocenters. The zero-order valence-electron chi connectivity index (χ0n) is 16.5. The lowest BCUT2D eigenvalue weighted by Crippen LogP contribution is -2.20. The van der Waals surface area contributed by atoms with Crippen LogP contribution in [0.1, 0.15) is 87.0 Å². The summed E-state index contributed by atoms with van der Waals surface area (Å²) < 4.78 is 0. The highest BCUT2D eigenvalue weighted by atomic mass is 14.3. The number of rotatable bonds is 4. The lowest BCUT2D eigenvalue weighted by molar-refractivity contribution is 0.215. The van der Waals surface area contributed by atoms with Crippen LogP contribution in [0.4, 0.5) is 0 Å². The number of aryl methyl sites for hydroxylation is 2. The second-order valence-electron chi connectivity index (χ2n) is 9.08. The van der Waals surface area contributed by atoms with Crippen LogP contribution in [0.3, 0.4) is 0 Å². The van der Waals surface area contributed by atoms with Gasteiger partial charge in [-0.2, -0.15) is 0 Å². The molecule has 2 fully saturated rings. The number of benzene rings is 1. The quantitative estimate of drug-likeness (QED) is 0.552. The summed E-state index contributed by atoms with van der Waals surface area (Å²) in [7, 11) is 0. The maximum Gasteiger partial charge on any atom is -0.0250 e. The Kier molecular flexibility index (Phi) is 6.06. The third-order valence-electron chi connectivity index (χ3n) is 7.10. The lowest BCUT2D eigenvalue weighted by Gasteiger charge is -2.33. The predicted octanol–water partition coefficient (Wildman–Crippen LogP) is 7.14. The van der Waals surface area contributed by atoms with Crippen molar-refractivity contribution in [3.05, 3.63) is 40.3 Å². The molecule has 0 atom stereocenters. The van der Waals surface area contributed by atoms with E-state index in [0.717, 1.165) is 17.8 Å². The molecule has 2 aliphatic carbocycles. The lowest BCUT2D eigenvalue weighted by atomic mass is 9.72. The van der Waals surface area contributed by atoms with Gasteiger partial charge in [0.1, 0.15) is 0 Å². The van der Waals surface area contributed by atoms with Crippen LogP contribution in [0.5, 0.6) is 0 Å². The summed E-state index contributed by atoms with van der Waals surface area (Å²) in [6.45, 7) is 9.15. The summed E-state index contributed by atoms with van der Waals surface area (Å²) in [5.41, 5.74) is 6.01. The average Bonchev–Trinajstić information content (AvgIpc) is 2.56. The summed E-state index contributed by atoms with van der Waals surface area (Å²) >= 11 is 0. The van der Waals surface area contributed by atoms with Gasteiger partial charge in [0.25, 0.3) is 0 Å². The minimum absolute atomic E-state index is 0.935. The minimum atomic E-state index is 0.935. The Morgan fingerprint density at radius 3 is 1.79 bits per heavy atom. The third-order valence-corrected chi connectivity index (χ3v) is 7.10. The predicted molar refractivity (Wildman–Crippen MR) is 105 cm³/mol. The van der Waals surface area contributed by atoms with Gasteiger partial charge in [0.15, 0.2) is 0 Å². The molecule has 0 spiro atoms. The molecule has 1 aromatic carbocycles. The van der Waals surface area contributed by atoms with Gasteiger partial charge in [0, 0.05) is 0 Å². The molecule has 3 rings (SSSR count). The highest BCUT2D eigenvalue weighted by molar-refractivity contribution is 5.37. The van der Waals surface area contributed by atoms with Crippen molar-refractivity contribution in [1.82, 2.24) is 0 Å². The molecule has 0 amide bonds. The van der Waals surface area contributed by atoms with Gasteiger partial charge in [0.05, 0.1) is 0 Å². The van der Waals surface area contributed by atoms with Crippen LogP contribution in [0.15, 0.2) is 12.1 Å². The van der Waals surface area contributed by atoms with E-state index in [0.29, 0.717) is 0 Å². The van der Waals surface area contributed by atoms with E-state index < -0.39 is 0 Å². The fraction of sp³-hybridized carbons (Fsp3) is 0.708. The largest absolute Gasteiger partial charge is 0.0591 e. The van der Waals surface area contributed by atoms with Crippen molar-refractivity contribution in [3.8, 4) is 0 Å². The molecule has 0 nitrogen and oxygen atoms in total. The number of hydrogen-bond donors (Lipinski definition) is 0. The molecule has 0 saturated heterocycles. The molecule has 24 heavy (non-hydrogen) atoms. The van der Waals surface area contributed by atoms with Crippen LogP contribution < -0.4 is 0 Å². The summed E-state index contributed by atoms with van der Waals surface area (Å²) in [5.74, 6) is 4.76. The van der Waals surface area contributed by atoms with Gasteiger partial charge in [0.2, 0.25) is 0 Å². The van der Waals surface area contributed by atoms with Crippen LogP contribution >= 0.6 is 0 Å². The zero-order valence-corrected chi connectivity index (χ0v) is 16.5. The fourth-order valence-corrected chi connectivity index (χ4v) is 5.13. The number of hydrogen-bond acceptors (Lipinski definition) is 0. The molecule has 0 heterocycles. The first-order valence-corrected chi connectivity index (χ1v) is 10.4. The van der Waals surface area contributed by atoms with E-state index in [9.17, 15) is 0 Å². The Bertz CT molecular complexity index is 502. The van der Waals surface area contributed by atoms with E-state index in [1.54, 1.807) is 11.5 Å². The highest BCUT2D eigenvalue weighted by Gasteiger charge is 2.26. The summed E-state index contributed by atoms with van der Waals surface area (Å²) in [6.07, 6.45) is 14.5. The maximum atomic E-state index is 2.44. The SMILES string of the molecule is C[C]1CCC(CC2CCC(Cc3cc(C)c(C)c(C)c3)CC2)CC1. The van der Waals surface area contributed by atoms with Crippen LogP contribution in [0.2, 0.25) is 0 Å². The van der Waals surface area contributed by atoms with Crippen molar-refractivity contribution in [2.45, 2.75) is 91.9 Å². The Hall–Kier alpha value is -0.780. The Morgan fingerprint density at radius 2 is 1.21 bits per heavy atom. The topological polar surface area (TPSA) is 0 Å². The van der Waals surface area contributed by atoms with E-state index in [2.05, 4.69) is 39.8 Å². The van der Waals surface area contributed by atoms with Gasteiger partial charge in [-0.3, -0.25) is 0 Å². The van der Waals surface area contributed by atoms with E-state index >= 15 is 0 Å². The Morgan fingerprint density at radius 1 is 0.708 bits per heavy atom. The average molecular weight is 326 g/mol. The minimum Gasteiger partial charge on any atom is -0.0591 e. The van der Waals surface area contributed by atoms with Gasteiger partial charge in [-0.1, -0.05) is 31.9 Å². The van der Waals surface area contributed by atoms with Crippen LogP contribution in [0, 0.1) is 44.4 Å². The van der Waals surface area contributed by atoms with Gasteiger partial charge in [-0.25, -0.2) is 0 Å². The first-order chi connectivity index (χ1) is 11.5. The van der Waals surface area contributed by atoms with Crippen LogP contribution in [-0.2, 0) is 6.42 Å². The van der Waals surface area contributed by atoms with Gasteiger partial charge in [-0.05, 0) is 118 Å². The second kappa shape index (κ2) is 8.07. The molecule has 0 aromatic heterocycles. The second-order valence-corrected chi connectivity index (χ2v) is 9.08. The third kappa shape index (κ3) is 4.64. The van der Waals surface area contributed by atoms with Crippen molar-refractivity contribution in [2.24, 2.45) is 17.8 Å². The summed E-state index contributed by atoms with van der Waals surface area (Å²) in [5, 5.41) is 0. The van der Waals surface area contributed by atoms with Gasteiger partial charge < -0.3 is 0 Å². The van der Waals surface area contributed by atoms with Crippen LogP contribution in [0.25, 0.3) is 0 Å². The highest BCUT2D eigenvalue weighted by Crippen LogP contribution is 2.39. The standard InChI is InChI=1S/C24H37/c1-17-5-7-21(8-6-17)15-22-9-11-23(12-10-22)16-24-13-18(2)20(4)19(3)14-24/h13-14,21-23H,5-12,15-16H2,1-4H3. The zero-order chi connectivity index (χ0) is 17.1. The molecule has 2 saturated carbocycles. The van der Waals surface area contributed by atoms with E-state index in [1.807, 2.05) is 0 Å². The summed E-state index contributed by atoms with van der Waals surface area (Å²) in [4.78, 5) is 0.